The summed E-state index contributed by atoms with van der Waals surface area (Å²) in [5, 5.41) is 16.1. The highest BCUT2D eigenvalue weighted by atomic mass is 35.6. The molecule has 7 heteroatoms. The summed E-state index contributed by atoms with van der Waals surface area (Å²) in [7, 11) is 0. The molecule has 0 aliphatic rings. The Balaban J connectivity index is 3.25. The molecule has 0 bridgehead atoms. The SMILES string of the molecule is C=C(C)Cn1nnc(C#N)c1C(Cl)(Cl)Cl. The van der Waals surface area contributed by atoms with Gasteiger partial charge < -0.3 is 0 Å². The van der Waals surface area contributed by atoms with Gasteiger partial charge in [-0.2, -0.15) is 5.26 Å². The van der Waals surface area contributed by atoms with E-state index >= 15 is 0 Å². The fraction of sp³-hybridized carbons (Fsp3) is 0.375. The van der Waals surface area contributed by atoms with Crippen LogP contribution in [0.2, 0.25) is 0 Å². The van der Waals surface area contributed by atoms with Gasteiger partial charge in [0.05, 0.1) is 6.54 Å². The lowest BCUT2D eigenvalue weighted by Gasteiger charge is -2.12. The third-order valence-electron chi connectivity index (χ3n) is 1.53. The zero-order valence-corrected chi connectivity index (χ0v) is 10.1. The molecule has 0 aliphatic heterocycles. The van der Waals surface area contributed by atoms with Crippen LogP contribution in [-0.2, 0) is 10.3 Å². The van der Waals surface area contributed by atoms with Crippen LogP contribution < -0.4 is 0 Å². The van der Waals surface area contributed by atoms with E-state index in [1.807, 2.05) is 6.07 Å². The summed E-state index contributed by atoms with van der Waals surface area (Å²) in [4.78, 5) is 0. The summed E-state index contributed by atoms with van der Waals surface area (Å²) in [6.07, 6.45) is 0. The van der Waals surface area contributed by atoms with E-state index in [4.69, 9.17) is 40.1 Å². The smallest absolute Gasteiger partial charge is 0.235 e. The van der Waals surface area contributed by atoms with E-state index in [0.29, 0.717) is 6.54 Å². The molecule has 0 atom stereocenters. The maximum atomic E-state index is 8.77. The second kappa shape index (κ2) is 4.40. The molecule has 1 aromatic rings. The Hall–Kier alpha value is -0.760. The Labute approximate surface area is 102 Å². The zero-order valence-electron chi connectivity index (χ0n) is 7.84. The van der Waals surface area contributed by atoms with Crippen molar-refractivity contribution in [3.63, 3.8) is 0 Å². The number of hydrogen-bond acceptors (Lipinski definition) is 3. The molecule has 0 radical (unpaired) electrons. The molecular formula is C8H7Cl3N4. The second-order valence-corrected chi connectivity index (χ2v) is 5.29. The summed E-state index contributed by atoms with van der Waals surface area (Å²) in [5.41, 5.74) is 0.995. The number of hydrogen-bond donors (Lipinski definition) is 0. The number of nitriles is 1. The molecule has 1 rings (SSSR count). The van der Waals surface area contributed by atoms with Crippen LogP contribution in [0, 0.1) is 11.3 Å². The van der Waals surface area contributed by atoms with E-state index in [2.05, 4.69) is 16.9 Å². The molecule has 0 amide bonds. The molecule has 1 aromatic heterocycles. The van der Waals surface area contributed by atoms with Crippen molar-refractivity contribution in [1.82, 2.24) is 15.0 Å². The molecule has 0 spiro atoms. The van der Waals surface area contributed by atoms with Crippen LogP contribution >= 0.6 is 34.8 Å². The lowest BCUT2D eigenvalue weighted by atomic mass is 10.3. The minimum Gasteiger partial charge on any atom is -0.239 e. The molecule has 1 heterocycles. The Morgan fingerprint density at radius 2 is 2.20 bits per heavy atom. The van der Waals surface area contributed by atoms with Gasteiger partial charge in [0.1, 0.15) is 11.8 Å². The maximum absolute atomic E-state index is 8.77. The molecular weight excluding hydrogens is 258 g/mol. The highest BCUT2D eigenvalue weighted by molar-refractivity contribution is 6.66. The number of aromatic nitrogens is 3. The van der Waals surface area contributed by atoms with Crippen molar-refractivity contribution in [3.05, 3.63) is 23.5 Å². The van der Waals surface area contributed by atoms with E-state index in [-0.39, 0.29) is 11.4 Å². The monoisotopic (exact) mass is 264 g/mol. The molecule has 0 aliphatic carbocycles. The molecule has 15 heavy (non-hydrogen) atoms. The highest BCUT2D eigenvalue weighted by Gasteiger charge is 2.32. The predicted molar refractivity (Wildman–Crippen MR) is 58.8 cm³/mol. The highest BCUT2D eigenvalue weighted by Crippen LogP contribution is 2.39. The first kappa shape index (κ1) is 12.3. The van der Waals surface area contributed by atoms with Crippen LogP contribution in [0.4, 0.5) is 0 Å². The number of halogens is 3. The lowest BCUT2D eigenvalue weighted by molar-refractivity contribution is 0.617. The van der Waals surface area contributed by atoms with Crippen molar-refractivity contribution in [2.24, 2.45) is 0 Å². The largest absolute Gasteiger partial charge is 0.239 e. The Bertz CT molecular complexity index is 424. The van der Waals surface area contributed by atoms with Crippen molar-refractivity contribution in [3.8, 4) is 6.07 Å². The van der Waals surface area contributed by atoms with E-state index in [1.165, 1.54) is 4.68 Å². The molecule has 0 fully saturated rings. The van der Waals surface area contributed by atoms with Gasteiger partial charge in [0.15, 0.2) is 5.69 Å². The second-order valence-electron chi connectivity index (χ2n) is 3.01. The number of rotatable bonds is 2. The minimum atomic E-state index is -1.72. The summed E-state index contributed by atoms with van der Waals surface area (Å²) in [6, 6.07) is 1.82. The Kier molecular flexibility index (Phi) is 3.61. The van der Waals surface area contributed by atoms with Gasteiger partial charge in [-0.15, -0.1) is 5.10 Å². The van der Waals surface area contributed by atoms with Crippen LogP contribution in [-0.4, -0.2) is 15.0 Å². The van der Waals surface area contributed by atoms with Gasteiger partial charge in [0.2, 0.25) is 3.79 Å². The first-order valence-electron chi connectivity index (χ1n) is 3.91. The van der Waals surface area contributed by atoms with Crippen LogP contribution in [0.5, 0.6) is 0 Å². The van der Waals surface area contributed by atoms with Gasteiger partial charge in [0.25, 0.3) is 0 Å². The van der Waals surface area contributed by atoms with Crippen LogP contribution in [0.1, 0.15) is 18.3 Å². The number of alkyl halides is 3. The van der Waals surface area contributed by atoms with Crippen LogP contribution in [0.25, 0.3) is 0 Å². The van der Waals surface area contributed by atoms with Gasteiger partial charge in [-0.1, -0.05) is 52.2 Å². The zero-order chi connectivity index (χ0) is 11.6. The molecule has 80 valence electrons. The average molecular weight is 266 g/mol. The first-order chi connectivity index (χ1) is 6.86. The van der Waals surface area contributed by atoms with Crippen molar-refractivity contribution in [2.45, 2.75) is 17.3 Å². The molecule has 4 nitrogen and oxygen atoms in total. The molecule has 0 aromatic carbocycles. The van der Waals surface area contributed by atoms with Crippen molar-refractivity contribution >= 4 is 34.8 Å². The standard InChI is InChI=1S/C8H7Cl3N4/c1-5(2)4-15-7(8(9,10)11)6(3-12)13-14-15/h1,4H2,2H3. The van der Waals surface area contributed by atoms with Crippen LogP contribution in [0.3, 0.4) is 0 Å². The predicted octanol–water partition coefficient (Wildman–Crippen LogP) is 2.55. The first-order valence-corrected chi connectivity index (χ1v) is 5.04. The third-order valence-corrected chi connectivity index (χ3v) is 2.07. The van der Waals surface area contributed by atoms with Crippen molar-refractivity contribution in [1.29, 1.82) is 5.26 Å². The van der Waals surface area contributed by atoms with E-state index in [0.717, 1.165) is 5.57 Å². The van der Waals surface area contributed by atoms with Gasteiger partial charge >= 0.3 is 0 Å². The van der Waals surface area contributed by atoms with Gasteiger partial charge in [-0.25, -0.2) is 4.68 Å². The molecule has 0 saturated carbocycles. The summed E-state index contributed by atoms with van der Waals surface area (Å²) in [5.74, 6) is 0. The van der Waals surface area contributed by atoms with Gasteiger partial charge in [-0.3, -0.25) is 0 Å². The van der Waals surface area contributed by atoms with Gasteiger partial charge in [-0.05, 0) is 6.92 Å². The summed E-state index contributed by atoms with van der Waals surface area (Å²) < 4.78 is -0.363. The van der Waals surface area contributed by atoms with Gasteiger partial charge in [0, 0.05) is 0 Å². The van der Waals surface area contributed by atoms with Crippen molar-refractivity contribution < 1.29 is 0 Å². The fourth-order valence-electron chi connectivity index (χ4n) is 1.04. The molecule has 0 N–H and O–H groups in total. The number of nitrogens with zero attached hydrogens (tertiary/aromatic N) is 4. The number of allylic oxidation sites excluding steroid dienone is 1. The van der Waals surface area contributed by atoms with E-state index < -0.39 is 3.79 Å². The normalized spacial score (nSPS) is 11.1. The quantitative estimate of drug-likeness (QED) is 0.610. The lowest BCUT2D eigenvalue weighted by Crippen LogP contribution is -2.13. The van der Waals surface area contributed by atoms with Crippen molar-refractivity contribution in [2.75, 3.05) is 0 Å². The van der Waals surface area contributed by atoms with E-state index in [1.54, 1.807) is 6.92 Å². The topological polar surface area (TPSA) is 54.5 Å². The maximum Gasteiger partial charge on any atom is 0.235 e. The fourth-order valence-corrected chi connectivity index (χ4v) is 1.60. The summed E-state index contributed by atoms with van der Waals surface area (Å²) >= 11 is 17.2. The van der Waals surface area contributed by atoms with Crippen LogP contribution in [0.15, 0.2) is 12.2 Å². The Morgan fingerprint density at radius 1 is 1.60 bits per heavy atom. The molecule has 0 unspecified atom stereocenters. The Morgan fingerprint density at radius 3 is 2.60 bits per heavy atom. The van der Waals surface area contributed by atoms with E-state index in [9.17, 15) is 0 Å². The molecule has 0 saturated heterocycles. The minimum absolute atomic E-state index is 0.0104. The third kappa shape index (κ3) is 2.85. The summed E-state index contributed by atoms with van der Waals surface area (Å²) in [6.45, 7) is 5.87. The average Bonchev–Trinajstić information content (AvgIpc) is 2.45.